The van der Waals surface area contributed by atoms with Crippen molar-refractivity contribution >= 4 is 41.0 Å². The van der Waals surface area contributed by atoms with E-state index in [-0.39, 0.29) is 34.8 Å². The molecule has 0 spiro atoms. The number of benzene rings is 2. The molecule has 0 bridgehead atoms. The van der Waals surface area contributed by atoms with Crippen LogP contribution in [0, 0.1) is 6.92 Å². The molecular formula is C31H32ClN5O2S. The quantitative estimate of drug-likeness (QED) is 0.305. The van der Waals surface area contributed by atoms with Crippen LogP contribution in [0.1, 0.15) is 54.0 Å². The van der Waals surface area contributed by atoms with E-state index in [2.05, 4.69) is 31.1 Å². The molecule has 4 aromatic rings. The molecule has 1 N–H and O–H groups in total. The number of thioether (sulfide) groups is 1. The Labute approximate surface area is 243 Å². The molecule has 5 rings (SSSR count). The zero-order chi connectivity index (χ0) is 28.4. The second-order valence-corrected chi connectivity index (χ2v) is 12.4. The lowest BCUT2D eigenvalue weighted by Gasteiger charge is -2.25. The average molecular weight is 574 g/mol. The Balaban J connectivity index is 1.67. The van der Waals surface area contributed by atoms with Gasteiger partial charge in [-0.05, 0) is 47.9 Å². The normalized spacial score (nSPS) is 15.5. The van der Waals surface area contributed by atoms with Gasteiger partial charge in [-0.3, -0.25) is 19.5 Å². The standard InChI is InChI=1S/C31H32ClN5O2S/c1-20-9-5-6-13-24(20)37-30-27(29(35-37)31(2,3)4)28(22-11-7-12-23(32)15-22)40-19-26(39)36(30)18-25(38)34-17-21-10-8-14-33-16-21/h5-16,28H,17-19H2,1-4H3,(H,34,38). The Hall–Kier alpha value is -3.62. The van der Waals surface area contributed by atoms with Crippen molar-refractivity contribution in [2.75, 3.05) is 17.2 Å². The summed E-state index contributed by atoms with van der Waals surface area (Å²) in [6.45, 7) is 8.58. The number of aromatic nitrogens is 3. The van der Waals surface area contributed by atoms with Gasteiger partial charge in [-0.15, -0.1) is 11.8 Å². The Morgan fingerprint density at radius 3 is 2.62 bits per heavy atom. The number of nitrogens with one attached hydrogen (secondary N) is 1. The first-order chi connectivity index (χ1) is 19.1. The van der Waals surface area contributed by atoms with Crippen LogP contribution in [-0.2, 0) is 21.5 Å². The number of carbonyl (C=O) groups excluding carboxylic acids is 2. The molecule has 40 heavy (non-hydrogen) atoms. The van der Waals surface area contributed by atoms with Gasteiger partial charge in [-0.2, -0.15) is 5.10 Å². The molecule has 2 aromatic carbocycles. The van der Waals surface area contributed by atoms with Crippen molar-refractivity contribution in [1.29, 1.82) is 0 Å². The summed E-state index contributed by atoms with van der Waals surface area (Å²) in [6, 6.07) is 19.4. The highest BCUT2D eigenvalue weighted by atomic mass is 35.5. The maximum Gasteiger partial charge on any atom is 0.240 e. The average Bonchev–Trinajstić information content (AvgIpc) is 3.26. The first-order valence-corrected chi connectivity index (χ1v) is 14.6. The van der Waals surface area contributed by atoms with Crippen LogP contribution in [0.25, 0.3) is 5.69 Å². The summed E-state index contributed by atoms with van der Waals surface area (Å²) in [5, 5.41) is 8.53. The Kier molecular flexibility index (Phi) is 8.01. The van der Waals surface area contributed by atoms with Gasteiger partial charge in [0, 0.05) is 34.9 Å². The zero-order valence-electron chi connectivity index (χ0n) is 23.0. The van der Waals surface area contributed by atoms with Gasteiger partial charge in [-0.1, -0.05) is 68.8 Å². The maximum atomic E-state index is 13.8. The highest BCUT2D eigenvalue weighted by molar-refractivity contribution is 8.00. The van der Waals surface area contributed by atoms with Gasteiger partial charge in [0.25, 0.3) is 0 Å². The molecule has 1 aliphatic heterocycles. The number of para-hydroxylation sites is 1. The Morgan fingerprint density at radius 2 is 1.93 bits per heavy atom. The SMILES string of the molecule is Cc1ccccc1-n1nc(C(C)(C)C)c2c1N(CC(=O)NCc1cccnc1)C(=O)CSC2c1cccc(Cl)c1. The van der Waals surface area contributed by atoms with Crippen LogP contribution < -0.4 is 10.2 Å². The largest absolute Gasteiger partial charge is 0.350 e. The van der Waals surface area contributed by atoms with Crippen molar-refractivity contribution in [2.24, 2.45) is 0 Å². The number of hydrogen-bond donors (Lipinski definition) is 1. The predicted molar refractivity (Wildman–Crippen MR) is 161 cm³/mol. The molecule has 1 unspecified atom stereocenters. The number of fused-ring (bicyclic) bond motifs is 1. The number of aryl methyl sites for hydroxylation is 1. The van der Waals surface area contributed by atoms with Crippen molar-refractivity contribution in [3.05, 3.63) is 106 Å². The molecule has 0 saturated heterocycles. The molecular weight excluding hydrogens is 542 g/mol. The van der Waals surface area contributed by atoms with Crippen LogP contribution in [-0.4, -0.2) is 38.9 Å². The van der Waals surface area contributed by atoms with Crippen molar-refractivity contribution in [3.8, 4) is 5.69 Å². The smallest absolute Gasteiger partial charge is 0.240 e. The summed E-state index contributed by atoms with van der Waals surface area (Å²) >= 11 is 7.97. The van der Waals surface area contributed by atoms with Gasteiger partial charge < -0.3 is 5.32 Å². The van der Waals surface area contributed by atoms with E-state index in [0.29, 0.717) is 17.4 Å². The van der Waals surface area contributed by atoms with Gasteiger partial charge in [0.05, 0.1) is 22.4 Å². The molecule has 0 fully saturated rings. The first kappa shape index (κ1) is 27.9. The lowest BCUT2D eigenvalue weighted by Crippen LogP contribution is -2.42. The Morgan fingerprint density at radius 1 is 1.12 bits per heavy atom. The van der Waals surface area contributed by atoms with Gasteiger partial charge in [0.2, 0.25) is 11.8 Å². The minimum absolute atomic E-state index is 0.129. The molecule has 206 valence electrons. The van der Waals surface area contributed by atoms with E-state index in [9.17, 15) is 9.59 Å². The van der Waals surface area contributed by atoms with Gasteiger partial charge in [0.1, 0.15) is 12.4 Å². The second kappa shape index (κ2) is 11.5. The van der Waals surface area contributed by atoms with Crippen molar-refractivity contribution in [1.82, 2.24) is 20.1 Å². The number of pyridine rings is 1. The fourth-order valence-corrected chi connectivity index (χ4v) is 6.26. The summed E-state index contributed by atoms with van der Waals surface area (Å²) in [6.07, 6.45) is 3.40. The van der Waals surface area contributed by atoms with Crippen LogP contribution in [0.4, 0.5) is 5.82 Å². The fraction of sp³-hybridized carbons (Fsp3) is 0.290. The molecule has 7 nitrogen and oxygen atoms in total. The molecule has 1 aliphatic rings. The number of anilines is 1. The number of nitrogens with zero attached hydrogens (tertiary/aromatic N) is 4. The zero-order valence-corrected chi connectivity index (χ0v) is 24.6. The van der Waals surface area contributed by atoms with E-state index in [4.69, 9.17) is 16.7 Å². The minimum atomic E-state index is -0.336. The van der Waals surface area contributed by atoms with Gasteiger partial charge >= 0.3 is 0 Å². The number of halogens is 1. The summed E-state index contributed by atoms with van der Waals surface area (Å²) in [5.74, 6) is 0.418. The minimum Gasteiger partial charge on any atom is -0.350 e. The molecule has 0 saturated carbocycles. The number of rotatable bonds is 6. The van der Waals surface area contributed by atoms with E-state index < -0.39 is 0 Å². The molecule has 0 radical (unpaired) electrons. The third-order valence-electron chi connectivity index (χ3n) is 6.81. The third-order valence-corrected chi connectivity index (χ3v) is 8.30. The van der Waals surface area contributed by atoms with Crippen LogP contribution >= 0.6 is 23.4 Å². The van der Waals surface area contributed by atoms with Crippen LogP contribution in [0.2, 0.25) is 5.02 Å². The fourth-order valence-electron chi connectivity index (χ4n) is 4.88. The Bertz CT molecular complexity index is 1550. The monoisotopic (exact) mass is 573 g/mol. The van der Waals surface area contributed by atoms with E-state index in [1.165, 1.54) is 11.8 Å². The van der Waals surface area contributed by atoms with Crippen LogP contribution in [0.5, 0.6) is 0 Å². The van der Waals surface area contributed by atoms with Crippen molar-refractivity contribution in [2.45, 2.75) is 44.9 Å². The van der Waals surface area contributed by atoms with Crippen LogP contribution in [0.3, 0.4) is 0 Å². The second-order valence-electron chi connectivity index (χ2n) is 10.9. The lowest BCUT2D eigenvalue weighted by atomic mass is 9.87. The summed E-state index contributed by atoms with van der Waals surface area (Å²) < 4.78 is 1.85. The first-order valence-electron chi connectivity index (χ1n) is 13.2. The highest BCUT2D eigenvalue weighted by Gasteiger charge is 2.40. The molecule has 0 aliphatic carbocycles. The molecule has 2 amide bonds. The van der Waals surface area contributed by atoms with Crippen molar-refractivity contribution < 1.29 is 9.59 Å². The van der Waals surface area contributed by atoms with Gasteiger partial charge in [-0.25, -0.2) is 4.68 Å². The van der Waals surface area contributed by atoms with E-state index in [0.717, 1.165) is 33.6 Å². The number of carbonyl (C=O) groups is 2. The van der Waals surface area contributed by atoms with E-state index >= 15 is 0 Å². The lowest BCUT2D eigenvalue weighted by molar-refractivity contribution is -0.123. The van der Waals surface area contributed by atoms with Crippen LogP contribution in [0.15, 0.2) is 73.1 Å². The number of hydrogen-bond acceptors (Lipinski definition) is 5. The molecule has 3 heterocycles. The molecule has 1 atom stereocenters. The highest BCUT2D eigenvalue weighted by Crippen LogP contribution is 2.48. The topological polar surface area (TPSA) is 80.1 Å². The van der Waals surface area contributed by atoms with Crippen molar-refractivity contribution in [3.63, 3.8) is 0 Å². The maximum absolute atomic E-state index is 13.8. The van der Waals surface area contributed by atoms with Gasteiger partial charge in [0.15, 0.2) is 0 Å². The third kappa shape index (κ3) is 5.78. The van der Waals surface area contributed by atoms with E-state index in [1.54, 1.807) is 17.3 Å². The predicted octanol–water partition coefficient (Wildman–Crippen LogP) is 6.01. The summed E-state index contributed by atoms with van der Waals surface area (Å²) in [7, 11) is 0. The van der Waals surface area contributed by atoms with E-state index in [1.807, 2.05) is 72.3 Å². The molecule has 9 heteroatoms. The number of amides is 2. The molecule has 2 aromatic heterocycles. The summed E-state index contributed by atoms with van der Waals surface area (Å²) in [4.78, 5) is 32.8. The summed E-state index contributed by atoms with van der Waals surface area (Å²) in [5.41, 5.74) is 5.21.